The van der Waals surface area contributed by atoms with Crippen molar-refractivity contribution in [1.29, 1.82) is 0 Å². The molecule has 1 amide bonds. The van der Waals surface area contributed by atoms with E-state index in [-0.39, 0.29) is 22.0 Å². The zero-order valence-electron chi connectivity index (χ0n) is 11.4. The second-order valence-corrected chi connectivity index (χ2v) is 5.81. The van der Waals surface area contributed by atoms with E-state index >= 15 is 0 Å². The van der Waals surface area contributed by atoms with Crippen LogP contribution < -0.4 is 10.1 Å². The number of methoxy groups -OCH3 is 1. The van der Waals surface area contributed by atoms with Gasteiger partial charge >= 0.3 is 5.97 Å². The molecule has 2 atom stereocenters. The molecule has 0 heterocycles. The highest BCUT2D eigenvalue weighted by molar-refractivity contribution is 6.37. The summed E-state index contributed by atoms with van der Waals surface area (Å²) in [7, 11) is 1.44. The van der Waals surface area contributed by atoms with Crippen LogP contribution in [0.5, 0.6) is 5.75 Å². The minimum atomic E-state index is -0.817. The summed E-state index contributed by atoms with van der Waals surface area (Å²) >= 11 is 12.0. The van der Waals surface area contributed by atoms with Gasteiger partial charge in [-0.1, -0.05) is 23.2 Å². The van der Waals surface area contributed by atoms with E-state index in [1.165, 1.54) is 19.2 Å². The molecule has 0 aliphatic heterocycles. The van der Waals surface area contributed by atoms with E-state index in [4.69, 9.17) is 33.0 Å². The van der Waals surface area contributed by atoms with E-state index in [0.717, 1.165) is 0 Å². The number of nitrogens with one attached hydrogen (secondary N) is 1. The van der Waals surface area contributed by atoms with Crippen LogP contribution in [0.25, 0.3) is 0 Å². The number of hydrogen-bond acceptors (Lipinski definition) is 3. The van der Waals surface area contributed by atoms with Gasteiger partial charge in [0.25, 0.3) is 5.91 Å². The van der Waals surface area contributed by atoms with E-state index < -0.39 is 11.9 Å². The molecule has 1 aliphatic rings. The van der Waals surface area contributed by atoms with Crippen molar-refractivity contribution in [3.63, 3.8) is 0 Å². The van der Waals surface area contributed by atoms with Crippen LogP contribution in [0.4, 0.5) is 0 Å². The number of hydrogen-bond donors (Lipinski definition) is 2. The van der Waals surface area contributed by atoms with Crippen molar-refractivity contribution in [2.75, 3.05) is 7.11 Å². The smallest absolute Gasteiger partial charge is 0.306 e. The van der Waals surface area contributed by atoms with Crippen LogP contribution in [-0.4, -0.2) is 30.1 Å². The van der Waals surface area contributed by atoms with Gasteiger partial charge in [0.15, 0.2) is 5.75 Å². The molecule has 1 aromatic carbocycles. The Kier molecular flexibility index (Phi) is 4.96. The van der Waals surface area contributed by atoms with Gasteiger partial charge in [-0.15, -0.1) is 0 Å². The first-order valence-electron chi connectivity index (χ1n) is 6.49. The van der Waals surface area contributed by atoms with Crippen LogP contribution in [0.3, 0.4) is 0 Å². The van der Waals surface area contributed by atoms with Gasteiger partial charge in [0.05, 0.1) is 23.1 Å². The minimum Gasteiger partial charge on any atom is -0.494 e. The van der Waals surface area contributed by atoms with Gasteiger partial charge in [-0.2, -0.15) is 0 Å². The topological polar surface area (TPSA) is 75.6 Å². The lowest BCUT2D eigenvalue weighted by atomic mass is 10.1. The maximum absolute atomic E-state index is 12.2. The lowest BCUT2D eigenvalue weighted by Gasteiger charge is -2.14. The molecule has 2 N–H and O–H groups in total. The fourth-order valence-corrected chi connectivity index (χ4v) is 3.13. The molecule has 1 aromatic rings. The monoisotopic (exact) mass is 331 g/mol. The number of aliphatic carboxylic acids is 1. The summed E-state index contributed by atoms with van der Waals surface area (Å²) in [6.45, 7) is 0. The molecule has 0 saturated heterocycles. The highest BCUT2D eigenvalue weighted by Gasteiger charge is 2.30. The Morgan fingerprint density at radius 2 is 1.90 bits per heavy atom. The summed E-state index contributed by atoms with van der Waals surface area (Å²) in [4.78, 5) is 23.1. The maximum Gasteiger partial charge on any atom is 0.306 e. The molecular weight excluding hydrogens is 317 g/mol. The van der Waals surface area contributed by atoms with E-state index in [9.17, 15) is 9.59 Å². The lowest BCUT2D eigenvalue weighted by Crippen LogP contribution is -2.33. The van der Waals surface area contributed by atoms with Crippen LogP contribution in [0.15, 0.2) is 12.1 Å². The summed E-state index contributed by atoms with van der Waals surface area (Å²) in [6, 6.07) is 2.81. The molecule has 0 aromatic heterocycles. The van der Waals surface area contributed by atoms with Gasteiger partial charge in [0, 0.05) is 11.6 Å². The van der Waals surface area contributed by atoms with E-state index in [1.807, 2.05) is 0 Å². The molecule has 2 rings (SSSR count). The zero-order valence-corrected chi connectivity index (χ0v) is 12.9. The van der Waals surface area contributed by atoms with Crippen LogP contribution >= 0.6 is 23.2 Å². The summed E-state index contributed by atoms with van der Waals surface area (Å²) in [6.07, 6.45) is 1.67. The SMILES string of the molecule is COc1c(Cl)cc(C(=O)N[C@H]2CC[C@@H](C(=O)O)C2)cc1Cl. The molecule has 1 aliphatic carbocycles. The van der Waals surface area contributed by atoms with Crippen LogP contribution in [-0.2, 0) is 4.79 Å². The molecule has 7 heteroatoms. The van der Waals surface area contributed by atoms with Gasteiger partial charge in [-0.05, 0) is 31.4 Å². The zero-order chi connectivity index (χ0) is 15.6. The summed E-state index contributed by atoms with van der Waals surface area (Å²) in [5, 5.41) is 12.3. The van der Waals surface area contributed by atoms with Gasteiger partial charge < -0.3 is 15.2 Å². The Morgan fingerprint density at radius 3 is 2.38 bits per heavy atom. The third-order valence-electron chi connectivity index (χ3n) is 3.58. The largest absolute Gasteiger partial charge is 0.494 e. The number of carboxylic acid groups (broad SMARTS) is 1. The molecule has 0 radical (unpaired) electrons. The number of rotatable bonds is 4. The van der Waals surface area contributed by atoms with Crippen LogP contribution in [0, 0.1) is 5.92 Å². The molecular formula is C14H15Cl2NO4. The number of benzene rings is 1. The number of amides is 1. The fraction of sp³-hybridized carbons (Fsp3) is 0.429. The minimum absolute atomic E-state index is 0.141. The summed E-state index contributed by atoms with van der Waals surface area (Å²) in [5.41, 5.74) is 0.324. The molecule has 1 saturated carbocycles. The van der Waals surface area contributed by atoms with Gasteiger partial charge in [-0.3, -0.25) is 9.59 Å². The van der Waals surface area contributed by atoms with Gasteiger partial charge in [0.2, 0.25) is 0 Å². The first kappa shape index (κ1) is 15.9. The Hall–Kier alpha value is -1.46. The van der Waals surface area contributed by atoms with Crippen molar-refractivity contribution in [2.45, 2.75) is 25.3 Å². The van der Waals surface area contributed by atoms with Gasteiger partial charge in [0.1, 0.15) is 0 Å². The molecule has 1 fully saturated rings. The fourth-order valence-electron chi connectivity index (χ4n) is 2.49. The number of carbonyl (C=O) groups is 2. The summed E-state index contributed by atoms with van der Waals surface area (Å²) < 4.78 is 5.02. The Morgan fingerprint density at radius 1 is 1.29 bits per heavy atom. The van der Waals surface area contributed by atoms with Crippen molar-refractivity contribution >= 4 is 35.1 Å². The van der Waals surface area contributed by atoms with Crippen molar-refractivity contribution < 1.29 is 19.4 Å². The average Bonchev–Trinajstić information content (AvgIpc) is 2.87. The third kappa shape index (κ3) is 3.60. The number of halogens is 2. The second-order valence-electron chi connectivity index (χ2n) is 4.99. The maximum atomic E-state index is 12.2. The van der Waals surface area contributed by atoms with E-state index in [2.05, 4.69) is 5.32 Å². The van der Waals surface area contributed by atoms with E-state index in [1.54, 1.807) is 0 Å². The first-order valence-corrected chi connectivity index (χ1v) is 7.24. The van der Waals surface area contributed by atoms with Crippen LogP contribution in [0.1, 0.15) is 29.6 Å². The summed E-state index contributed by atoms with van der Waals surface area (Å²) in [5.74, 6) is -1.21. The quantitative estimate of drug-likeness (QED) is 0.889. The number of carbonyl (C=O) groups excluding carboxylic acids is 1. The second kappa shape index (κ2) is 6.54. The van der Waals surface area contributed by atoms with E-state index in [0.29, 0.717) is 30.6 Å². The molecule has 0 bridgehead atoms. The molecule has 114 valence electrons. The molecule has 0 unspecified atom stereocenters. The molecule has 0 spiro atoms. The predicted molar refractivity (Wildman–Crippen MR) is 79.2 cm³/mol. The highest BCUT2D eigenvalue weighted by atomic mass is 35.5. The third-order valence-corrected chi connectivity index (χ3v) is 4.14. The molecule has 21 heavy (non-hydrogen) atoms. The van der Waals surface area contributed by atoms with Crippen molar-refractivity contribution in [1.82, 2.24) is 5.32 Å². The average molecular weight is 332 g/mol. The standard InChI is InChI=1S/C14H15Cl2NO4/c1-21-12-10(15)5-8(6-11(12)16)13(18)17-9-3-2-7(4-9)14(19)20/h5-7,9H,2-4H2,1H3,(H,17,18)(H,19,20)/t7-,9+/m1/s1. The van der Waals surface area contributed by atoms with Gasteiger partial charge in [-0.25, -0.2) is 0 Å². The Balaban J connectivity index is 2.06. The Labute approximate surface area is 132 Å². The predicted octanol–water partition coefficient (Wildman–Crippen LogP) is 2.99. The highest BCUT2D eigenvalue weighted by Crippen LogP contribution is 2.34. The normalized spacial score (nSPS) is 21.1. The van der Waals surface area contributed by atoms with Crippen molar-refractivity contribution in [2.24, 2.45) is 5.92 Å². The number of ether oxygens (including phenoxy) is 1. The van der Waals surface area contributed by atoms with Crippen molar-refractivity contribution in [3.8, 4) is 5.75 Å². The van der Waals surface area contributed by atoms with Crippen LogP contribution in [0.2, 0.25) is 10.0 Å². The first-order chi connectivity index (χ1) is 9.92. The lowest BCUT2D eigenvalue weighted by molar-refractivity contribution is -0.141. The Bertz CT molecular complexity index is 553. The van der Waals surface area contributed by atoms with Crippen molar-refractivity contribution in [3.05, 3.63) is 27.7 Å². The number of carboxylic acids is 1. The molecule has 5 nitrogen and oxygen atoms in total.